The number of likely N-dealkylation sites (N-methyl/N-ethyl adjacent to an activating group) is 1. The molecule has 152 valence electrons. The molecule has 0 radical (unpaired) electrons. The van der Waals surface area contributed by atoms with Gasteiger partial charge >= 0.3 is 0 Å². The van der Waals surface area contributed by atoms with E-state index in [1.165, 1.54) is 0 Å². The molecule has 6 nitrogen and oxygen atoms in total. The molecule has 6 heteroatoms. The second-order valence-electron chi connectivity index (χ2n) is 8.11. The number of carbonyl (C=O) groups excluding carboxylic acids is 1. The standard InChI is InChI=1S/C25H18N2O4/c1-26-19-9-5-4-8-17(19)25(24(26)28)18-12-21-22(30-14-29-21)13-20(18)27-11-10-15-6-2-3-7-16(15)23(27)31-25/h2-13,23H,14H2,1H3/t23-,25+/m0/s1. The first kappa shape index (κ1) is 17.0. The van der Waals surface area contributed by atoms with E-state index in [9.17, 15) is 4.79 Å². The lowest BCUT2D eigenvalue weighted by molar-refractivity contribution is -0.147. The number of para-hydroxylation sites is 1. The van der Waals surface area contributed by atoms with E-state index in [1.807, 2.05) is 54.7 Å². The van der Waals surface area contributed by atoms with Gasteiger partial charge in [-0.2, -0.15) is 0 Å². The Kier molecular flexibility index (Phi) is 3.11. The van der Waals surface area contributed by atoms with Gasteiger partial charge in [0, 0.05) is 36.0 Å². The molecule has 1 spiro atoms. The number of fused-ring (bicyclic) bond motifs is 9. The van der Waals surface area contributed by atoms with Crippen molar-refractivity contribution >= 4 is 23.4 Å². The van der Waals surface area contributed by atoms with E-state index in [1.54, 1.807) is 11.9 Å². The largest absolute Gasteiger partial charge is 0.454 e. The van der Waals surface area contributed by atoms with Crippen LogP contribution in [0.2, 0.25) is 0 Å². The van der Waals surface area contributed by atoms with Gasteiger partial charge in [0.25, 0.3) is 5.91 Å². The van der Waals surface area contributed by atoms with Gasteiger partial charge in [0.15, 0.2) is 17.7 Å². The first-order valence-corrected chi connectivity index (χ1v) is 10.2. The van der Waals surface area contributed by atoms with Crippen LogP contribution in [0.5, 0.6) is 11.5 Å². The van der Waals surface area contributed by atoms with Crippen LogP contribution in [-0.2, 0) is 15.1 Å². The van der Waals surface area contributed by atoms with Crippen LogP contribution in [0, 0.1) is 0 Å². The monoisotopic (exact) mass is 410 g/mol. The van der Waals surface area contributed by atoms with Gasteiger partial charge in [0.2, 0.25) is 12.4 Å². The lowest BCUT2D eigenvalue weighted by Gasteiger charge is -2.46. The molecule has 1 amide bonds. The fraction of sp³-hybridized carbons (Fsp3) is 0.160. The van der Waals surface area contributed by atoms with E-state index in [2.05, 4.69) is 23.1 Å². The van der Waals surface area contributed by atoms with Crippen molar-refractivity contribution in [3.05, 3.63) is 89.1 Å². The summed E-state index contributed by atoms with van der Waals surface area (Å²) in [5.74, 6) is 1.19. The molecule has 0 aromatic heterocycles. The van der Waals surface area contributed by atoms with Gasteiger partial charge in [-0.15, -0.1) is 0 Å². The highest BCUT2D eigenvalue weighted by molar-refractivity contribution is 6.10. The number of amides is 1. The minimum atomic E-state index is -1.26. The number of anilines is 2. The Morgan fingerprint density at radius 1 is 0.935 bits per heavy atom. The highest BCUT2D eigenvalue weighted by atomic mass is 16.7. The molecule has 4 aliphatic rings. The van der Waals surface area contributed by atoms with Crippen LogP contribution < -0.4 is 19.3 Å². The zero-order valence-electron chi connectivity index (χ0n) is 16.7. The number of hydrogen-bond donors (Lipinski definition) is 0. The maximum Gasteiger partial charge on any atom is 0.268 e. The van der Waals surface area contributed by atoms with Gasteiger partial charge in [-0.3, -0.25) is 4.79 Å². The van der Waals surface area contributed by atoms with Crippen molar-refractivity contribution in [2.75, 3.05) is 23.6 Å². The second kappa shape index (κ2) is 5.68. The van der Waals surface area contributed by atoms with E-state index in [0.717, 1.165) is 33.6 Å². The predicted molar refractivity (Wildman–Crippen MR) is 115 cm³/mol. The van der Waals surface area contributed by atoms with Crippen LogP contribution in [0.15, 0.2) is 66.9 Å². The van der Waals surface area contributed by atoms with Crippen molar-refractivity contribution < 1.29 is 19.0 Å². The Balaban J connectivity index is 1.56. The Bertz CT molecular complexity index is 1320. The maximum atomic E-state index is 13.9. The Hall–Kier alpha value is -3.77. The molecule has 0 saturated carbocycles. The SMILES string of the molecule is CN1C(=O)[C@@]2(O[C@H]3c4ccccc4C=CN3c3cc4c(cc32)OCO4)c2ccccc21. The fourth-order valence-corrected chi connectivity index (χ4v) is 5.16. The summed E-state index contributed by atoms with van der Waals surface area (Å²) in [6.07, 6.45) is 3.63. The molecule has 2 atom stereocenters. The third kappa shape index (κ3) is 1.98. The van der Waals surface area contributed by atoms with Crippen LogP contribution in [0.3, 0.4) is 0 Å². The van der Waals surface area contributed by atoms with E-state index in [4.69, 9.17) is 14.2 Å². The van der Waals surface area contributed by atoms with Crippen molar-refractivity contribution in [3.8, 4) is 11.5 Å². The summed E-state index contributed by atoms with van der Waals surface area (Å²) in [5.41, 5.74) is 4.17. The van der Waals surface area contributed by atoms with Gasteiger partial charge in [0.1, 0.15) is 0 Å². The van der Waals surface area contributed by atoms with E-state index in [-0.39, 0.29) is 12.7 Å². The average Bonchev–Trinajstić information content (AvgIpc) is 3.36. The number of hydrogen-bond acceptors (Lipinski definition) is 5. The molecule has 0 fully saturated rings. The van der Waals surface area contributed by atoms with Crippen LogP contribution in [0.4, 0.5) is 11.4 Å². The smallest absolute Gasteiger partial charge is 0.268 e. The summed E-state index contributed by atoms with van der Waals surface area (Å²) in [4.78, 5) is 17.6. The molecule has 4 aliphatic heterocycles. The summed E-state index contributed by atoms with van der Waals surface area (Å²) < 4.78 is 18.2. The number of benzene rings is 3. The van der Waals surface area contributed by atoms with Crippen molar-refractivity contribution in [1.29, 1.82) is 0 Å². The zero-order chi connectivity index (χ0) is 20.7. The molecular formula is C25H18N2O4. The summed E-state index contributed by atoms with van der Waals surface area (Å²) in [6, 6.07) is 19.8. The molecule has 3 aromatic carbocycles. The first-order valence-electron chi connectivity index (χ1n) is 10.2. The first-order chi connectivity index (χ1) is 15.2. The Morgan fingerprint density at radius 3 is 2.61 bits per heavy atom. The molecule has 0 saturated heterocycles. The average molecular weight is 410 g/mol. The molecule has 4 heterocycles. The highest BCUT2D eigenvalue weighted by Crippen LogP contribution is 2.58. The van der Waals surface area contributed by atoms with Crippen molar-refractivity contribution in [3.63, 3.8) is 0 Å². The summed E-state index contributed by atoms with van der Waals surface area (Å²) in [6.45, 7) is 0.165. The molecule has 0 unspecified atom stereocenters. The van der Waals surface area contributed by atoms with Gasteiger partial charge in [-0.25, -0.2) is 0 Å². The van der Waals surface area contributed by atoms with Crippen LogP contribution in [-0.4, -0.2) is 19.7 Å². The topological polar surface area (TPSA) is 51.2 Å². The summed E-state index contributed by atoms with van der Waals surface area (Å²) >= 11 is 0. The van der Waals surface area contributed by atoms with Crippen molar-refractivity contribution in [1.82, 2.24) is 0 Å². The van der Waals surface area contributed by atoms with E-state index >= 15 is 0 Å². The van der Waals surface area contributed by atoms with Crippen LogP contribution >= 0.6 is 0 Å². The van der Waals surface area contributed by atoms with Gasteiger partial charge in [-0.05, 0) is 23.8 Å². The molecule has 31 heavy (non-hydrogen) atoms. The molecule has 0 bridgehead atoms. The predicted octanol–water partition coefficient (Wildman–Crippen LogP) is 4.16. The zero-order valence-corrected chi connectivity index (χ0v) is 16.7. The molecular weight excluding hydrogens is 392 g/mol. The van der Waals surface area contributed by atoms with Crippen LogP contribution in [0.1, 0.15) is 28.5 Å². The van der Waals surface area contributed by atoms with Crippen molar-refractivity contribution in [2.45, 2.75) is 11.8 Å². The number of nitrogens with zero attached hydrogens (tertiary/aromatic N) is 2. The molecule has 3 aromatic rings. The minimum absolute atomic E-state index is 0.111. The normalized spacial score (nSPS) is 24.2. The van der Waals surface area contributed by atoms with Crippen LogP contribution in [0.25, 0.3) is 6.08 Å². The second-order valence-corrected chi connectivity index (χ2v) is 8.11. The third-order valence-corrected chi connectivity index (χ3v) is 6.62. The quantitative estimate of drug-likeness (QED) is 0.557. The number of rotatable bonds is 0. The lowest BCUT2D eigenvalue weighted by Crippen LogP contribution is -2.49. The Morgan fingerprint density at radius 2 is 1.71 bits per heavy atom. The highest BCUT2D eigenvalue weighted by Gasteiger charge is 2.58. The van der Waals surface area contributed by atoms with Gasteiger partial charge < -0.3 is 24.0 Å². The maximum absolute atomic E-state index is 13.9. The summed E-state index contributed by atoms with van der Waals surface area (Å²) in [7, 11) is 1.80. The fourth-order valence-electron chi connectivity index (χ4n) is 5.16. The lowest BCUT2D eigenvalue weighted by atomic mass is 9.83. The molecule has 0 aliphatic carbocycles. The van der Waals surface area contributed by atoms with Gasteiger partial charge in [-0.1, -0.05) is 42.5 Å². The van der Waals surface area contributed by atoms with E-state index < -0.39 is 11.8 Å². The molecule has 0 N–H and O–H groups in total. The minimum Gasteiger partial charge on any atom is -0.454 e. The number of carbonyl (C=O) groups is 1. The Labute approximate surface area is 178 Å². The van der Waals surface area contributed by atoms with Crippen molar-refractivity contribution in [2.24, 2.45) is 0 Å². The summed E-state index contributed by atoms with van der Waals surface area (Å²) in [5, 5.41) is 0. The third-order valence-electron chi connectivity index (χ3n) is 6.62. The number of ether oxygens (including phenoxy) is 3. The molecule has 7 rings (SSSR count). The van der Waals surface area contributed by atoms with Gasteiger partial charge in [0.05, 0.1) is 11.4 Å². The van der Waals surface area contributed by atoms with E-state index in [0.29, 0.717) is 11.5 Å².